The van der Waals surface area contributed by atoms with E-state index in [2.05, 4.69) is 4.72 Å². The number of carbonyl (C=O) groups is 1. The summed E-state index contributed by atoms with van der Waals surface area (Å²) in [4.78, 5) is 12.8. The van der Waals surface area contributed by atoms with Gasteiger partial charge in [-0.2, -0.15) is 0 Å². The summed E-state index contributed by atoms with van der Waals surface area (Å²) >= 11 is 0. The van der Waals surface area contributed by atoms with Gasteiger partial charge in [-0.1, -0.05) is 6.07 Å². The van der Waals surface area contributed by atoms with Gasteiger partial charge in [0.1, 0.15) is 17.9 Å². The second-order valence-electron chi connectivity index (χ2n) is 5.75. The number of furan rings is 1. The fraction of sp³-hybridized carbons (Fsp3) is 0.312. The highest BCUT2D eigenvalue weighted by Gasteiger charge is 2.30. The van der Waals surface area contributed by atoms with Crippen LogP contribution in [0, 0.1) is 11.6 Å². The Kier molecular flexibility index (Phi) is 4.87. The third-order valence-corrected chi connectivity index (χ3v) is 5.63. The number of amides is 1. The summed E-state index contributed by atoms with van der Waals surface area (Å²) < 4.78 is 59.1. The molecule has 0 spiro atoms. The number of hydrogen-bond acceptors (Lipinski definition) is 4. The van der Waals surface area contributed by atoms with Gasteiger partial charge in [0.2, 0.25) is 10.0 Å². The molecule has 0 saturated carbocycles. The molecule has 134 valence electrons. The van der Waals surface area contributed by atoms with Crippen molar-refractivity contribution in [3.63, 3.8) is 0 Å². The number of halogens is 2. The van der Waals surface area contributed by atoms with Crippen LogP contribution in [0.1, 0.15) is 23.2 Å². The maximum atomic E-state index is 13.7. The second-order valence-corrected chi connectivity index (χ2v) is 7.40. The van der Waals surface area contributed by atoms with Gasteiger partial charge in [-0.3, -0.25) is 4.79 Å². The minimum Gasteiger partial charge on any atom is -0.472 e. The molecule has 0 aliphatic carbocycles. The lowest BCUT2D eigenvalue weighted by Gasteiger charge is -2.32. The Bertz CT molecular complexity index is 840. The zero-order valence-corrected chi connectivity index (χ0v) is 13.9. The molecule has 0 bridgehead atoms. The van der Waals surface area contributed by atoms with Crippen molar-refractivity contribution in [1.29, 1.82) is 0 Å². The molecular weight excluding hydrogens is 354 g/mol. The fourth-order valence-corrected chi connectivity index (χ4v) is 4.23. The van der Waals surface area contributed by atoms with Crippen LogP contribution in [0.15, 0.2) is 46.1 Å². The Hall–Kier alpha value is -2.26. The standard InChI is InChI=1S/C16H16F2N2O4S/c17-13-2-1-3-14(18)15(13)25(22,23)19-12-4-7-20(8-5-12)16(21)11-6-9-24-10-11/h1-3,6,9-10,12,19H,4-5,7-8H2. The number of benzene rings is 1. The molecule has 0 unspecified atom stereocenters. The molecule has 1 aliphatic rings. The lowest BCUT2D eigenvalue weighted by Crippen LogP contribution is -2.46. The van der Waals surface area contributed by atoms with Gasteiger partial charge >= 0.3 is 0 Å². The van der Waals surface area contributed by atoms with Gasteiger partial charge in [0, 0.05) is 19.1 Å². The molecular formula is C16H16F2N2O4S. The molecule has 1 aromatic carbocycles. The quantitative estimate of drug-likeness (QED) is 0.894. The SMILES string of the molecule is O=C(c1ccoc1)N1CCC(NS(=O)(=O)c2c(F)cccc2F)CC1. The first kappa shape index (κ1) is 17.6. The van der Waals surface area contributed by atoms with E-state index < -0.39 is 32.6 Å². The average Bonchev–Trinajstić information content (AvgIpc) is 3.08. The number of piperidine rings is 1. The number of likely N-dealkylation sites (tertiary alicyclic amines) is 1. The third kappa shape index (κ3) is 3.72. The predicted octanol–water partition coefficient (Wildman–Crippen LogP) is 2.14. The Labute approximate surface area is 143 Å². The summed E-state index contributed by atoms with van der Waals surface area (Å²) in [7, 11) is -4.32. The van der Waals surface area contributed by atoms with Crippen LogP contribution in [-0.2, 0) is 10.0 Å². The topological polar surface area (TPSA) is 79.6 Å². The number of nitrogens with zero attached hydrogens (tertiary/aromatic N) is 1. The molecule has 2 heterocycles. The van der Waals surface area contributed by atoms with Crippen molar-refractivity contribution in [1.82, 2.24) is 9.62 Å². The number of sulfonamides is 1. The summed E-state index contributed by atoms with van der Waals surface area (Å²) in [6, 6.07) is 3.94. The van der Waals surface area contributed by atoms with E-state index >= 15 is 0 Å². The molecule has 1 aliphatic heterocycles. The van der Waals surface area contributed by atoms with E-state index in [0.717, 1.165) is 18.2 Å². The molecule has 1 N–H and O–H groups in total. The molecule has 25 heavy (non-hydrogen) atoms. The molecule has 6 nitrogen and oxygen atoms in total. The summed E-state index contributed by atoms with van der Waals surface area (Å²) in [6.07, 6.45) is 3.44. The van der Waals surface area contributed by atoms with Gasteiger partial charge in [0.15, 0.2) is 4.90 Å². The van der Waals surface area contributed by atoms with Crippen molar-refractivity contribution in [2.24, 2.45) is 0 Å². The zero-order valence-electron chi connectivity index (χ0n) is 13.1. The van der Waals surface area contributed by atoms with Gasteiger partial charge in [0.05, 0.1) is 11.8 Å². The first-order chi connectivity index (χ1) is 11.9. The van der Waals surface area contributed by atoms with E-state index in [9.17, 15) is 22.0 Å². The maximum Gasteiger partial charge on any atom is 0.257 e. The van der Waals surface area contributed by atoms with Gasteiger partial charge in [0.25, 0.3) is 5.91 Å². The van der Waals surface area contributed by atoms with Crippen LogP contribution >= 0.6 is 0 Å². The highest BCUT2D eigenvalue weighted by atomic mass is 32.2. The van der Waals surface area contributed by atoms with Crippen molar-refractivity contribution >= 4 is 15.9 Å². The molecule has 0 atom stereocenters. The Morgan fingerprint density at radius 3 is 2.36 bits per heavy atom. The number of carbonyl (C=O) groups excluding carboxylic acids is 1. The maximum absolute atomic E-state index is 13.7. The summed E-state index contributed by atoms with van der Waals surface area (Å²) in [5.41, 5.74) is 0.424. The van der Waals surface area contributed by atoms with E-state index in [1.165, 1.54) is 12.5 Å². The Morgan fingerprint density at radius 2 is 1.80 bits per heavy atom. The average molecular weight is 370 g/mol. The number of hydrogen-bond donors (Lipinski definition) is 1. The summed E-state index contributed by atoms with van der Waals surface area (Å²) in [5, 5.41) is 0. The molecule has 1 fully saturated rings. The Morgan fingerprint density at radius 1 is 1.16 bits per heavy atom. The van der Waals surface area contributed by atoms with Gasteiger partial charge < -0.3 is 9.32 Å². The van der Waals surface area contributed by atoms with Crippen LogP contribution in [0.2, 0.25) is 0 Å². The minimum absolute atomic E-state index is 0.199. The number of nitrogens with one attached hydrogen (secondary N) is 1. The van der Waals surface area contributed by atoms with E-state index in [0.29, 0.717) is 31.5 Å². The van der Waals surface area contributed by atoms with Crippen molar-refractivity contribution in [2.45, 2.75) is 23.8 Å². The van der Waals surface area contributed by atoms with Crippen LogP contribution in [0.3, 0.4) is 0 Å². The van der Waals surface area contributed by atoms with Crippen LogP contribution in [0.4, 0.5) is 8.78 Å². The lowest BCUT2D eigenvalue weighted by molar-refractivity contribution is 0.0710. The van der Waals surface area contributed by atoms with Crippen LogP contribution in [0.25, 0.3) is 0 Å². The highest BCUT2D eigenvalue weighted by Crippen LogP contribution is 2.21. The first-order valence-electron chi connectivity index (χ1n) is 7.66. The molecule has 9 heteroatoms. The monoisotopic (exact) mass is 370 g/mol. The zero-order chi connectivity index (χ0) is 18.0. The molecule has 2 aromatic rings. The normalized spacial score (nSPS) is 16.2. The third-order valence-electron chi connectivity index (χ3n) is 4.06. The van der Waals surface area contributed by atoms with Crippen molar-refractivity contribution in [2.75, 3.05) is 13.1 Å². The van der Waals surface area contributed by atoms with Crippen LogP contribution < -0.4 is 4.72 Å². The van der Waals surface area contributed by atoms with Gasteiger partial charge in [-0.25, -0.2) is 21.9 Å². The van der Waals surface area contributed by atoms with E-state index in [-0.39, 0.29) is 5.91 Å². The molecule has 1 aromatic heterocycles. The van der Waals surface area contributed by atoms with Crippen molar-refractivity contribution in [3.05, 3.63) is 54.0 Å². The van der Waals surface area contributed by atoms with E-state index in [1.807, 2.05) is 0 Å². The lowest BCUT2D eigenvalue weighted by atomic mass is 10.1. The second kappa shape index (κ2) is 6.93. The fourth-order valence-electron chi connectivity index (χ4n) is 2.79. The predicted molar refractivity (Wildman–Crippen MR) is 84.3 cm³/mol. The van der Waals surface area contributed by atoms with E-state index in [1.54, 1.807) is 11.0 Å². The summed E-state index contributed by atoms with van der Waals surface area (Å²) in [6.45, 7) is 0.661. The smallest absolute Gasteiger partial charge is 0.257 e. The molecule has 0 radical (unpaired) electrons. The van der Waals surface area contributed by atoms with Crippen molar-refractivity contribution in [3.8, 4) is 0 Å². The van der Waals surface area contributed by atoms with Crippen molar-refractivity contribution < 1.29 is 26.4 Å². The van der Waals surface area contributed by atoms with Crippen LogP contribution in [-0.4, -0.2) is 38.4 Å². The number of rotatable bonds is 4. The molecule has 3 rings (SSSR count). The van der Waals surface area contributed by atoms with Gasteiger partial charge in [-0.15, -0.1) is 0 Å². The van der Waals surface area contributed by atoms with Crippen LogP contribution in [0.5, 0.6) is 0 Å². The molecule has 1 saturated heterocycles. The van der Waals surface area contributed by atoms with E-state index in [4.69, 9.17) is 4.42 Å². The largest absolute Gasteiger partial charge is 0.472 e. The van der Waals surface area contributed by atoms with Gasteiger partial charge in [-0.05, 0) is 31.0 Å². The minimum atomic E-state index is -4.32. The molecule has 1 amide bonds. The summed E-state index contributed by atoms with van der Waals surface area (Å²) in [5.74, 6) is -2.48. The Balaban J connectivity index is 1.65. The highest BCUT2D eigenvalue weighted by molar-refractivity contribution is 7.89. The first-order valence-corrected chi connectivity index (χ1v) is 9.14.